The van der Waals surface area contributed by atoms with Crippen molar-refractivity contribution in [2.24, 2.45) is 5.41 Å². The van der Waals surface area contributed by atoms with E-state index in [0.29, 0.717) is 11.3 Å². The topological polar surface area (TPSA) is 42.2 Å². The minimum Gasteiger partial charge on any atom is -0.368 e. The van der Waals surface area contributed by atoms with E-state index in [-0.39, 0.29) is 0 Å². The first-order valence-electron chi connectivity index (χ1n) is 8.22. The number of nitrogens with one attached hydrogen (secondary N) is 1. The Bertz CT molecular complexity index is 608. The second kappa shape index (κ2) is 5.66. The summed E-state index contributed by atoms with van der Waals surface area (Å²) < 4.78 is 1.94. The van der Waals surface area contributed by atoms with Crippen molar-refractivity contribution < 1.29 is 0 Å². The lowest BCUT2D eigenvalue weighted by atomic mass is 9.83. The molecule has 21 heavy (non-hydrogen) atoms. The summed E-state index contributed by atoms with van der Waals surface area (Å²) >= 11 is 0. The van der Waals surface area contributed by atoms with Crippen LogP contribution in [0.15, 0.2) is 18.5 Å². The first kappa shape index (κ1) is 14.4. The maximum absolute atomic E-state index is 4.63. The first-order chi connectivity index (χ1) is 10.1. The van der Waals surface area contributed by atoms with Gasteiger partial charge in [-0.3, -0.25) is 0 Å². The molecule has 3 rings (SSSR count). The van der Waals surface area contributed by atoms with Gasteiger partial charge in [0.15, 0.2) is 5.82 Å². The average Bonchev–Trinajstić information content (AvgIpc) is 3.12. The van der Waals surface area contributed by atoms with Crippen LogP contribution in [0.4, 0.5) is 5.82 Å². The van der Waals surface area contributed by atoms with Crippen LogP contribution in [0.2, 0.25) is 0 Å². The maximum atomic E-state index is 4.63. The van der Waals surface area contributed by atoms with E-state index in [0.717, 1.165) is 23.6 Å². The summed E-state index contributed by atoms with van der Waals surface area (Å²) in [7, 11) is 0. The zero-order chi connectivity index (χ0) is 14.9. The van der Waals surface area contributed by atoms with Crippen LogP contribution < -0.4 is 5.32 Å². The monoisotopic (exact) mass is 286 g/mol. The highest BCUT2D eigenvalue weighted by atomic mass is 15.2. The summed E-state index contributed by atoms with van der Waals surface area (Å²) in [4.78, 5) is 4.53. The number of hydrogen-bond acceptors (Lipinski definition) is 3. The van der Waals surface area contributed by atoms with Crippen LogP contribution in [0, 0.1) is 5.41 Å². The summed E-state index contributed by atoms with van der Waals surface area (Å²) in [6.45, 7) is 7.69. The fourth-order valence-corrected chi connectivity index (χ4v) is 3.41. The van der Waals surface area contributed by atoms with Gasteiger partial charge < -0.3 is 5.32 Å². The summed E-state index contributed by atoms with van der Waals surface area (Å²) in [6, 6.07) is 2.16. The van der Waals surface area contributed by atoms with Crippen LogP contribution in [-0.2, 0) is 0 Å². The van der Waals surface area contributed by atoms with Gasteiger partial charge in [0.05, 0.1) is 5.69 Å². The van der Waals surface area contributed by atoms with Gasteiger partial charge in [-0.15, -0.1) is 0 Å². The van der Waals surface area contributed by atoms with E-state index in [4.69, 9.17) is 0 Å². The normalized spacial score (nSPS) is 17.7. The number of fused-ring (bicyclic) bond motifs is 1. The molecule has 114 valence electrons. The molecular formula is C17H26N4. The molecule has 0 aromatic carbocycles. The fourth-order valence-electron chi connectivity index (χ4n) is 3.41. The van der Waals surface area contributed by atoms with Crippen molar-refractivity contribution in [3.8, 4) is 0 Å². The molecule has 4 nitrogen and oxygen atoms in total. The quantitative estimate of drug-likeness (QED) is 0.894. The van der Waals surface area contributed by atoms with E-state index in [1.54, 1.807) is 0 Å². The van der Waals surface area contributed by atoms with Gasteiger partial charge in [-0.05, 0) is 36.7 Å². The van der Waals surface area contributed by atoms with Gasteiger partial charge in [0.2, 0.25) is 0 Å². The number of hydrogen-bond donors (Lipinski definition) is 1. The summed E-state index contributed by atoms with van der Waals surface area (Å²) in [6.07, 6.45) is 10.4. The van der Waals surface area contributed by atoms with Crippen molar-refractivity contribution in [2.75, 3.05) is 11.9 Å². The van der Waals surface area contributed by atoms with Gasteiger partial charge in [-0.2, -0.15) is 5.10 Å². The van der Waals surface area contributed by atoms with E-state index in [9.17, 15) is 0 Å². The molecule has 1 N–H and O–H groups in total. The molecule has 0 radical (unpaired) electrons. The zero-order valence-corrected chi connectivity index (χ0v) is 13.4. The van der Waals surface area contributed by atoms with Crippen molar-refractivity contribution >= 4 is 11.3 Å². The molecule has 1 fully saturated rings. The van der Waals surface area contributed by atoms with E-state index in [1.807, 2.05) is 16.9 Å². The van der Waals surface area contributed by atoms with Gasteiger partial charge in [0.1, 0.15) is 5.52 Å². The second-order valence-corrected chi connectivity index (χ2v) is 6.74. The van der Waals surface area contributed by atoms with E-state index in [2.05, 4.69) is 42.2 Å². The van der Waals surface area contributed by atoms with Crippen molar-refractivity contribution in [3.63, 3.8) is 0 Å². The Balaban J connectivity index is 1.83. The molecule has 1 aliphatic rings. The molecule has 4 heteroatoms. The molecular weight excluding hydrogens is 260 g/mol. The van der Waals surface area contributed by atoms with Crippen molar-refractivity contribution in [1.29, 1.82) is 0 Å². The van der Waals surface area contributed by atoms with Crippen molar-refractivity contribution in [3.05, 3.63) is 24.2 Å². The third-order valence-corrected chi connectivity index (χ3v) is 5.05. The average molecular weight is 286 g/mol. The number of rotatable bonds is 5. The Morgan fingerprint density at radius 1 is 1.33 bits per heavy atom. The lowest BCUT2D eigenvalue weighted by Gasteiger charge is -2.28. The standard InChI is InChI=1S/C17H26N4/c1-4-17(7-5-6-8-17)12-19-16-15-11-14(13(2)3)20-21(15)10-9-18-16/h9-11,13H,4-8,12H2,1-3H3,(H,18,19). The minimum absolute atomic E-state index is 0.439. The predicted molar refractivity (Wildman–Crippen MR) is 86.8 cm³/mol. The maximum Gasteiger partial charge on any atom is 0.152 e. The Labute approximate surface area is 127 Å². The third kappa shape index (κ3) is 2.76. The highest BCUT2D eigenvalue weighted by Gasteiger charge is 2.31. The van der Waals surface area contributed by atoms with Gasteiger partial charge >= 0.3 is 0 Å². The SMILES string of the molecule is CCC1(CNc2nccn3nc(C(C)C)cc23)CCCC1. The van der Waals surface area contributed by atoms with E-state index >= 15 is 0 Å². The molecule has 0 spiro atoms. The third-order valence-electron chi connectivity index (χ3n) is 5.05. The lowest BCUT2D eigenvalue weighted by molar-refractivity contribution is 0.306. The van der Waals surface area contributed by atoms with Gasteiger partial charge in [0, 0.05) is 18.9 Å². The van der Waals surface area contributed by atoms with E-state index < -0.39 is 0 Å². The fraction of sp³-hybridized carbons (Fsp3) is 0.647. The molecule has 0 atom stereocenters. The molecule has 0 aliphatic heterocycles. The zero-order valence-electron chi connectivity index (χ0n) is 13.4. The Kier molecular flexibility index (Phi) is 3.87. The van der Waals surface area contributed by atoms with Crippen LogP contribution in [0.3, 0.4) is 0 Å². The molecule has 2 aromatic rings. The van der Waals surface area contributed by atoms with Crippen LogP contribution in [-0.4, -0.2) is 21.1 Å². The summed E-state index contributed by atoms with van der Waals surface area (Å²) in [5, 5.41) is 8.23. The summed E-state index contributed by atoms with van der Waals surface area (Å²) in [5.74, 6) is 1.41. The molecule has 0 bridgehead atoms. The molecule has 2 heterocycles. The number of aromatic nitrogens is 3. The van der Waals surface area contributed by atoms with Crippen LogP contribution in [0.5, 0.6) is 0 Å². The lowest BCUT2D eigenvalue weighted by Crippen LogP contribution is -2.26. The molecule has 0 amide bonds. The predicted octanol–water partition coefficient (Wildman–Crippen LogP) is 4.24. The van der Waals surface area contributed by atoms with E-state index in [1.165, 1.54) is 32.1 Å². The summed E-state index contributed by atoms with van der Waals surface area (Å²) in [5.41, 5.74) is 2.68. The second-order valence-electron chi connectivity index (χ2n) is 6.74. The Morgan fingerprint density at radius 3 is 2.76 bits per heavy atom. The molecule has 0 unspecified atom stereocenters. The van der Waals surface area contributed by atoms with Gasteiger partial charge in [0.25, 0.3) is 0 Å². The number of anilines is 1. The highest BCUT2D eigenvalue weighted by molar-refractivity contribution is 5.68. The number of nitrogens with zero attached hydrogens (tertiary/aromatic N) is 3. The highest BCUT2D eigenvalue weighted by Crippen LogP contribution is 2.41. The van der Waals surface area contributed by atoms with Gasteiger partial charge in [-0.25, -0.2) is 9.50 Å². The smallest absolute Gasteiger partial charge is 0.152 e. The Morgan fingerprint density at radius 2 is 2.10 bits per heavy atom. The van der Waals surface area contributed by atoms with Crippen molar-refractivity contribution in [1.82, 2.24) is 14.6 Å². The van der Waals surface area contributed by atoms with Crippen LogP contribution in [0.25, 0.3) is 5.52 Å². The molecule has 1 aliphatic carbocycles. The first-order valence-corrected chi connectivity index (χ1v) is 8.22. The van der Waals surface area contributed by atoms with Crippen LogP contribution >= 0.6 is 0 Å². The Hall–Kier alpha value is -1.58. The molecule has 2 aromatic heterocycles. The minimum atomic E-state index is 0.439. The largest absolute Gasteiger partial charge is 0.368 e. The van der Waals surface area contributed by atoms with Crippen LogP contribution in [0.1, 0.15) is 64.5 Å². The molecule has 1 saturated carbocycles. The van der Waals surface area contributed by atoms with Gasteiger partial charge in [-0.1, -0.05) is 33.6 Å². The van der Waals surface area contributed by atoms with Crippen molar-refractivity contribution in [2.45, 2.75) is 58.8 Å². The molecule has 0 saturated heterocycles.